The lowest BCUT2D eigenvalue weighted by atomic mass is 10.0. The Balaban J connectivity index is 4.42. The molecular weight excluding hydrogens is 805 g/mol. The number of hydrogen-bond acceptors (Lipinski definition) is 6. The van der Waals surface area contributed by atoms with Crippen LogP contribution in [0.15, 0.2) is 60.8 Å². The first-order valence-electron chi connectivity index (χ1n) is 27.8. The van der Waals surface area contributed by atoms with Crippen LogP contribution in [-0.4, -0.2) is 37.2 Å². The fourth-order valence-electron chi connectivity index (χ4n) is 7.84. The summed E-state index contributed by atoms with van der Waals surface area (Å²) in [6.07, 6.45) is 66.4. The van der Waals surface area contributed by atoms with Gasteiger partial charge in [0.1, 0.15) is 13.2 Å². The SMILES string of the molecule is CC/C=C\C/C=C\C/C=C\C/C=C\CCCCC(=O)O[C@H](COC(=O)CCCCCCCCC/C=C\CCCCCCCC)COC(=O)CCCCCCCCCCCCCCCCC. The van der Waals surface area contributed by atoms with Crippen LogP contribution < -0.4 is 0 Å². The van der Waals surface area contributed by atoms with Crippen molar-refractivity contribution < 1.29 is 28.6 Å². The van der Waals surface area contributed by atoms with Gasteiger partial charge in [-0.05, 0) is 83.5 Å². The Morgan fingerprint density at radius 3 is 0.985 bits per heavy atom. The van der Waals surface area contributed by atoms with Gasteiger partial charge in [-0.25, -0.2) is 0 Å². The molecule has 0 aliphatic carbocycles. The zero-order valence-corrected chi connectivity index (χ0v) is 43.0. The van der Waals surface area contributed by atoms with Gasteiger partial charge in [-0.15, -0.1) is 0 Å². The largest absolute Gasteiger partial charge is 0.462 e. The molecule has 0 aromatic carbocycles. The summed E-state index contributed by atoms with van der Waals surface area (Å²) in [5.41, 5.74) is 0. The van der Waals surface area contributed by atoms with Crippen molar-refractivity contribution in [2.75, 3.05) is 13.2 Å². The van der Waals surface area contributed by atoms with Crippen LogP contribution in [0.4, 0.5) is 0 Å². The molecule has 6 nitrogen and oxygen atoms in total. The average molecular weight is 909 g/mol. The van der Waals surface area contributed by atoms with Crippen LogP contribution in [0.1, 0.15) is 278 Å². The minimum Gasteiger partial charge on any atom is -0.462 e. The Morgan fingerprint density at radius 2 is 0.600 bits per heavy atom. The zero-order chi connectivity index (χ0) is 47.2. The zero-order valence-electron chi connectivity index (χ0n) is 43.0. The molecule has 0 spiro atoms. The van der Waals surface area contributed by atoms with Gasteiger partial charge in [0.05, 0.1) is 0 Å². The molecule has 0 N–H and O–H groups in total. The maximum absolute atomic E-state index is 12.8. The van der Waals surface area contributed by atoms with E-state index in [1.54, 1.807) is 0 Å². The van der Waals surface area contributed by atoms with Gasteiger partial charge in [0.15, 0.2) is 6.10 Å². The Bertz CT molecular complexity index is 1180. The summed E-state index contributed by atoms with van der Waals surface area (Å²) in [7, 11) is 0. The van der Waals surface area contributed by atoms with Gasteiger partial charge >= 0.3 is 17.9 Å². The fraction of sp³-hybridized carbons (Fsp3) is 0.780. The first-order chi connectivity index (χ1) is 32.0. The predicted molar refractivity (Wildman–Crippen MR) is 279 cm³/mol. The molecule has 0 radical (unpaired) electrons. The van der Waals surface area contributed by atoms with Gasteiger partial charge in [0, 0.05) is 19.3 Å². The molecule has 376 valence electrons. The topological polar surface area (TPSA) is 78.9 Å². The molecule has 6 heteroatoms. The van der Waals surface area contributed by atoms with Crippen molar-refractivity contribution in [3.63, 3.8) is 0 Å². The van der Waals surface area contributed by atoms with Gasteiger partial charge in [-0.2, -0.15) is 0 Å². The lowest BCUT2D eigenvalue weighted by Gasteiger charge is -2.18. The van der Waals surface area contributed by atoms with E-state index in [1.807, 2.05) is 0 Å². The van der Waals surface area contributed by atoms with Crippen molar-refractivity contribution in [3.05, 3.63) is 60.8 Å². The second-order valence-electron chi connectivity index (χ2n) is 18.5. The smallest absolute Gasteiger partial charge is 0.306 e. The monoisotopic (exact) mass is 909 g/mol. The van der Waals surface area contributed by atoms with Crippen LogP contribution in [0.3, 0.4) is 0 Å². The summed E-state index contributed by atoms with van der Waals surface area (Å²) in [5, 5.41) is 0. The summed E-state index contributed by atoms with van der Waals surface area (Å²) in [6.45, 7) is 6.51. The third-order valence-electron chi connectivity index (χ3n) is 12.0. The Morgan fingerprint density at radius 1 is 0.323 bits per heavy atom. The minimum atomic E-state index is -0.795. The average Bonchev–Trinajstić information content (AvgIpc) is 3.30. The quantitative estimate of drug-likeness (QED) is 0.0262. The van der Waals surface area contributed by atoms with Gasteiger partial charge in [0.25, 0.3) is 0 Å². The first-order valence-corrected chi connectivity index (χ1v) is 27.8. The lowest BCUT2D eigenvalue weighted by molar-refractivity contribution is -0.167. The van der Waals surface area contributed by atoms with Crippen molar-refractivity contribution in [2.24, 2.45) is 0 Å². The third kappa shape index (κ3) is 51.9. The van der Waals surface area contributed by atoms with Crippen molar-refractivity contribution >= 4 is 17.9 Å². The number of ether oxygens (including phenoxy) is 3. The molecule has 0 saturated heterocycles. The number of rotatable bonds is 50. The molecule has 0 saturated carbocycles. The van der Waals surface area contributed by atoms with Crippen LogP contribution in [0, 0.1) is 0 Å². The van der Waals surface area contributed by atoms with E-state index in [9.17, 15) is 14.4 Å². The molecule has 0 bridgehead atoms. The van der Waals surface area contributed by atoms with Crippen molar-refractivity contribution in [1.29, 1.82) is 0 Å². The van der Waals surface area contributed by atoms with E-state index < -0.39 is 6.10 Å². The van der Waals surface area contributed by atoms with Gasteiger partial charge in [-0.3, -0.25) is 14.4 Å². The summed E-state index contributed by atoms with van der Waals surface area (Å²) < 4.78 is 16.8. The van der Waals surface area contributed by atoms with Crippen molar-refractivity contribution in [2.45, 2.75) is 284 Å². The van der Waals surface area contributed by atoms with Crippen molar-refractivity contribution in [1.82, 2.24) is 0 Å². The second-order valence-corrected chi connectivity index (χ2v) is 18.5. The number of carbonyl (C=O) groups excluding carboxylic acids is 3. The number of unbranched alkanes of at least 4 members (excludes halogenated alkanes) is 29. The number of carbonyl (C=O) groups is 3. The number of esters is 3. The number of allylic oxidation sites excluding steroid dienone is 10. The highest BCUT2D eigenvalue weighted by Crippen LogP contribution is 2.16. The predicted octanol–water partition coefficient (Wildman–Crippen LogP) is 18.4. The van der Waals surface area contributed by atoms with Crippen LogP contribution in [0.5, 0.6) is 0 Å². The minimum absolute atomic E-state index is 0.0898. The van der Waals surface area contributed by atoms with E-state index in [4.69, 9.17) is 14.2 Å². The summed E-state index contributed by atoms with van der Waals surface area (Å²) in [4.78, 5) is 38.1. The van der Waals surface area contributed by atoms with E-state index in [0.29, 0.717) is 19.3 Å². The van der Waals surface area contributed by atoms with Gasteiger partial charge < -0.3 is 14.2 Å². The van der Waals surface area contributed by atoms with Gasteiger partial charge in [-0.1, -0.05) is 236 Å². The van der Waals surface area contributed by atoms with E-state index in [0.717, 1.165) is 77.0 Å². The molecule has 65 heavy (non-hydrogen) atoms. The summed E-state index contributed by atoms with van der Waals surface area (Å²) in [5.74, 6) is -0.926. The molecular formula is C59H104O6. The third-order valence-corrected chi connectivity index (χ3v) is 12.0. The maximum Gasteiger partial charge on any atom is 0.306 e. The molecule has 0 aliphatic heterocycles. The van der Waals surface area contributed by atoms with Gasteiger partial charge in [0.2, 0.25) is 0 Å². The van der Waals surface area contributed by atoms with E-state index >= 15 is 0 Å². The molecule has 0 aliphatic rings. The highest BCUT2D eigenvalue weighted by atomic mass is 16.6. The molecule has 0 aromatic heterocycles. The maximum atomic E-state index is 12.8. The first kappa shape index (κ1) is 62.1. The lowest BCUT2D eigenvalue weighted by Crippen LogP contribution is -2.30. The van der Waals surface area contributed by atoms with Crippen LogP contribution >= 0.6 is 0 Å². The van der Waals surface area contributed by atoms with E-state index in [2.05, 4.69) is 81.5 Å². The molecule has 0 heterocycles. The molecule has 0 aromatic rings. The number of hydrogen-bond donors (Lipinski definition) is 0. The second kappa shape index (κ2) is 53.7. The summed E-state index contributed by atoms with van der Waals surface area (Å²) >= 11 is 0. The normalized spacial score (nSPS) is 12.5. The molecule has 0 amide bonds. The molecule has 1 atom stereocenters. The summed E-state index contributed by atoms with van der Waals surface area (Å²) in [6, 6.07) is 0. The Labute approximate surface area is 402 Å². The van der Waals surface area contributed by atoms with Crippen LogP contribution in [0.25, 0.3) is 0 Å². The standard InChI is InChI=1S/C59H104O6/c1-4-7-10-13-16-19-22-25-28-29-32-34-37-40-43-46-49-52-58(61)64-55-56(65-59(62)53-50-47-44-41-38-35-31-27-24-21-18-15-12-9-6-3)54-63-57(60)51-48-45-42-39-36-33-30-26-23-20-17-14-11-8-5-2/h9,12,18,21,25,27-28,31,38,41,56H,4-8,10-11,13-17,19-20,22-24,26,29-30,32-37,39-40,42-55H2,1-3H3/b12-9-,21-18-,28-25-,31-27-,41-38-/t56-/m0/s1. The van der Waals surface area contributed by atoms with E-state index in [-0.39, 0.29) is 37.5 Å². The van der Waals surface area contributed by atoms with Crippen molar-refractivity contribution in [3.8, 4) is 0 Å². The van der Waals surface area contributed by atoms with E-state index in [1.165, 1.54) is 154 Å². The molecule has 0 rings (SSSR count). The van der Waals surface area contributed by atoms with Crippen LogP contribution in [0.2, 0.25) is 0 Å². The molecule has 0 unspecified atom stereocenters. The fourth-order valence-corrected chi connectivity index (χ4v) is 7.84. The Hall–Kier alpha value is -2.89. The molecule has 0 fully saturated rings. The highest BCUT2D eigenvalue weighted by molar-refractivity contribution is 5.71. The highest BCUT2D eigenvalue weighted by Gasteiger charge is 2.19. The Kier molecular flexibility index (Phi) is 51.3. The van der Waals surface area contributed by atoms with Crippen LogP contribution in [-0.2, 0) is 28.6 Å².